The molecule has 0 aromatic heterocycles. The number of carbonyl (C=O) groups is 2. The zero-order chi connectivity index (χ0) is 15.5. The lowest BCUT2D eigenvalue weighted by molar-refractivity contribution is -0.138. The number of carboxylic acids is 1. The summed E-state index contributed by atoms with van der Waals surface area (Å²) in [5, 5.41) is 11.6. The van der Waals surface area contributed by atoms with Crippen LogP contribution in [0.1, 0.15) is 43.1 Å². The van der Waals surface area contributed by atoms with Gasteiger partial charge in [0.1, 0.15) is 5.82 Å². The molecule has 2 N–H and O–H groups in total. The Morgan fingerprint density at radius 1 is 1.35 bits per heavy atom. The van der Waals surface area contributed by atoms with Crippen LogP contribution in [0.2, 0.25) is 0 Å². The van der Waals surface area contributed by atoms with Crippen LogP contribution in [0.5, 0.6) is 0 Å². The largest absolute Gasteiger partial charge is 0.481 e. The number of aliphatic carboxylic acids is 1. The second-order valence-corrected chi connectivity index (χ2v) is 5.95. The molecule has 0 fully saturated rings. The molecule has 0 aliphatic carbocycles. The van der Waals surface area contributed by atoms with Crippen LogP contribution in [-0.4, -0.2) is 23.0 Å². The van der Waals surface area contributed by atoms with E-state index in [1.54, 1.807) is 6.92 Å². The monoisotopic (exact) mass is 281 g/mol. The summed E-state index contributed by atoms with van der Waals surface area (Å²) in [7, 11) is 0. The van der Waals surface area contributed by atoms with E-state index < -0.39 is 29.2 Å². The minimum Gasteiger partial charge on any atom is -0.481 e. The van der Waals surface area contributed by atoms with Crippen molar-refractivity contribution in [2.75, 3.05) is 0 Å². The average molecular weight is 281 g/mol. The second kappa shape index (κ2) is 6.03. The van der Waals surface area contributed by atoms with Gasteiger partial charge in [-0.2, -0.15) is 0 Å². The van der Waals surface area contributed by atoms with Crippen molar-refractivity contribution < 1.29 is 19.1 Å². The summed E-state index contributed by atoms with van der Waals surface area (Å²) < 4.78 is 13.4. The Hall–Kier alpha value is -1.91. The standard InChI is InChI=1S/C15H20FNO3/c1-9-5-6-10(7-11(9)16)14(20)17-12(8-13(18)19)15(2,3)4/h5-7,12H,8H2,1-4H3,(H,17,20)(H,18,19). The molecule has 0 bridgehead atoms. The van der Waals surface area contributed by atoms with Crippen molar-refractivity contribution in [3.63, 3.8) is 0 Å². The molecule has 0 spiro atoms. The minimum atomic E-state index is -0.986. The Labute approximate surface area is 118 Å². The highest BCUT2D eigenvalue weighted by molar-refractivity contribution is 5.94. The predicted molar refractivity (Wildman–Crippen MR) is 74.1 cm³/mol. The summed E-state index contributed by atoms with van der Waals surface area (Å²) in [6.07, 6.45) is -0.177. The SMILES string of the molecule is Cc1ccc(C(=O)NC(CC(=O)O)C(C)(C)C)cc1F. The van der Waals surface area contributed by atoms with Crippen LogP contribution in [-0.2, 0) is 4.79 Å². The number of halogens is 1. The van der Waals surface area contributed by atoms with Gasteiger partial charge >= 0.3 is 5.97 Å². The summed E-state index contributed by atoms with van der Waals surface area (Å²) in [6, 6.07) is 3.67. The zero-order valence-electron chi connectivity index (χ0n) is 12.2. The summed E-state index contributed by atoms with van der Waals surface area (Å²) in [5.41, 5.74) is 0.240. The Morgan fingerprint density at radius 3 is 2.40 bits per heavy atom. The first-order chi connectivity index (χ1) is 9.11. The molecule has 20 heavy (non-hydrogen) atoms. The lowest BCUT2D eigenvalue weighted by Gasteiger charge is -2.30. The molecular formula is C15H20FNO3. The van der Waals surface area contributed by atoms with E-state index >= 15 is 0 Å². The average Bonchev–Trinajstić information content (AvgIpc) is 2.30. The molecule has 5 heteroatoms. The van der Waals surface area contributed by atoms with Crippen LogP contribution in [0.15, 0.2) is 18.2 Å². The van der Waals surface area contributed by atoms with Gasteiger partial charge in [0.25, 0.3) is 5.91 Å². The fraction of sp³-hybridized carbons (Fsp3) is 0.467. The highest BCUT2D eigenvalue weighted by Crippen LogP contribution is 2.22. The van der Waals surface area contributed by atoms with E-state index in [2.05, 4.69) is 5.32 Å². The van der Waals surface area contributed by atoms with Crippen LogP contribution in [0.3, 0.4) is 0 Å². The second-order valence-electron chi connectivity index (χ2n) is 5.95. The van der Waals surface area contributed by atoms with E-state index in [4.69, 9.17) is 5.11 Å². The molecule has 1 atom stereocenters. The molecular weight excluding hydrogens is 261 g/mol. The van der Waals surface area contributed by atoms with E-state index in [0.29, 0.717) is 5.56 Å². The van der Waals surface area contributed by atoms with E-state index in [-0.39, 0.29) is 12.0 Å². The number of hydrogen-bond donors (Lipinski definition) is 2. The molecule has 1 rings (SSSR count). The van der Waals surface area contributed by atoms with Gasteiger partial charge in [-0.15, -0.1) is 0 Å². The van der Waals surface area contributed by atoms with Crippen LogP contribution in [0.4, 0.5) is 4.39 Å². The molecule has 1 amide bonds. The van der Waals surface area contributed by atoms with Gasteiger partial charge in [0.05, 0.1) is 6.42 Å². The summed E-state index contributed by atoms with van der Waals surface area (Å²) in [4.78, 5) is 22.9. The fourth-order valence-electron chi connectivity index (χ4n) is 1.72. The molecule has 0 radical (unpaired) electrons. The molecule has 1 unspecified atom stereocenters. The van der Waals surface area contributed by atoms with Crippen LogP contribution in [0.25, 0.3) is 0 Å². The smallest absolute Gasteiger partial charge is 0.305 e. The molecule has 0 aliphatic heterocycles. The number of nitrogens with one attached hydrogen (secondary N) is 1. The van der Waals surface area contributed by atoms with Crippen molar-refractivity contribution in [1.29, 1.82) is 0 Å². The normalized spacial score (nSPS) is 12.8. The van der Waals surface area contributed by atoms with Crippen molar-refractivity contribution in [2.24, 2.45) is 5.41 Å². The van der Waals surface area contributed by atoms with Crippen molar-refractivity contribution in [1.82, 2.24) is 5.32 Å². The predicted octanol–water partition coefficient (Wildman–Crippen LogP) is 2.75. The Balaban J connectivity index is 2.90. The van der Waals surface area contributed by atoms with Gasteiger partial charge in [-0.1, -0.05) is 26.8 Å². The first kappa shape index (κ1) is 16.1. The van der Waals surface area contributed by atoms with Crippen molar-refractivity contribution >= 4 is 11.9 Å². The summed E-state index contributed by atoms with van der Waals surface area (Å²) in [5.74, 6) is -1.91. The molecule has 1 aromatic carbocycles. The van der Waals surface area contributed by atoms with Crippen LogP contribution >= 0.6 is 0 Å². The van der Waals surface area contributed by atoms with Gasteiger partial charge in [0.15, 0.2) is 0 Å². The molecule has 0 saturated carbocycles. The molecule has 1 aromatic rings. The van der Waals surface area contributed by atoms with Crippen LogP contribution < -0.4 is 5.32 Å². The number of carboxylic acid groups (broad SMARTS) is 1. The van der Waals surface area contributed by atoms with Crippen molar-refractivity contribution in [3.05, 3.63) is 35.1 Å². The van der Waals surface area contributed by atoms with Crippen molar-refractivity contribution in [3.8, 4) is 0 Å². The maximum absolute atomic E-state index is 13.4. The topological polar surface area (TPSA) is 66.4 Å². The fourth-order valence-corrected chi connectivity index (χ4v) is 1.72. The third kappa shape index (κ3) is 4.33. The Kier molecular flexibility index (Phi) is 4.87. The molecule has 0 saturated heterocycles. The van der Waals surface area contributed by atoms with E-state index in [9.17, 15) is 14.0 Å². The summed E-state index contributed by atoms with van der Waals surface area (Å²) in [6.45, 7) is 7.14. The highest BCUT2D eigenvalue weighted by atomic mass is 19.1. The Morgan fingerprint density at radius 2 is 1.95 bits per heavy atom. The first-order valence-corrected chi connectivity index (χ1v) is 6.40. The maximum Gasteiger partial charge on any atom is 0.305 e. The number of carbonyl (C=O) groups excluding carboxylic acids is 1. The van der Waals surface area contributed by atoms with Crippen molar-refractivity contribution in [2.45, 2.75) is 40.2 Å². The van der Waals surface area contributed by atoms with Gasteiger partial charge in [-0.25, -0.2) is 4.39 Å². The zero-order valence-corrected chi connectivity index (χ0v) is 12.2. The molecule has 4 nitrogen and oxygen atoms in total. The Bertz CT molecular complexity index is 520. The summed E-state index contributed by atoms with van der Waals surface area (Å²) >= 11 is 0. The first-order valence-electron chi connectivity index (χ1n) is 6.40. The van der Waals surface area contributed by atoms with E-state index in [1.807, 2.05) is 20.8 Å². The highest BCUT2D eigenvalue weighted by Gasteiger charge is 2.28. The van der Waals surface area contributed by atoms with Gasteiger partial charge < -0.3 is 10.4 Å². The lowest BCUT2D eigenvalue weighted by atomic mass is 9.84. The minimum absolute atomic E-state index is 0.177. The molecule has 110 valence electrons. The van der Waals surface area contributed by atoms with Gasteiger partial charge in [-0.05, 0) is 30.0 Å². The van der Waals surface area contributed by atoms with Gasteiger partial charge in [-0.3, -0.25) is 9.59 Å². The van der Waals surface area contributed by atoms with Gasteiger partial charge in [0.2, 0.25) is 0 Å². The van der Waals surface area contributed by atoms with E-state index in [1.165, 1.54) is 12.1 Å². The third-order valence-electron chi connectivity index (χ3n) is 3.16. The van der Waals surface area contributed by atoms with E-state index in [0.717, 1.165) is 6.07 Å². The number of hydrogen-bond acceptors (Lipinski definition) is 2. The number of rotatable bonds is 4. The lowest BCUT2D eigenvalue weighted by Crippen LogP contribution is -2.45. The molecule has 0 heterocycles. The number of amides is 1. The van der Waals surface area contributed by atoms with Gasteiger partial charge in [0, 0.05) is 11.6 Å². The maximum atomic E-state index is 13.4. The quantitative estimate of drug-likeness (QED) is 0.891. The molecule has 0 aliphatic rings. The number of benzene rings is 1. The third-order valence-corrected chi connectivity index (χ3v) is 3.16. The number of aryl methyl sites for hydroxylation is 1. The van der Waals surface area contributed by atoms with Crippen LogP contribution in [0, 0.1) is 18.2 Å².